The number of nitrogens with one attached hydrogen (secondary N) is 5. The highest BCUT2D eigenvalue weighted by Gasteiger charge is 2.29. The fraction of sp³-hybridized carbons (Fsp3) is 0.351. The summed E-state index contributed by atoms with van der Waals surface area (Å²) in [5.74, 6) is -4.86. The molecule has 0 heterocycles. The number of unbranched alkanes of at least 4 members (excludes halogenated alkanes) is 1. The molecule has 0 saturated heterocycles. The number of aliphatic carboxylic acids is 1. The highest BCUT2D eigenvalue weighted by Crippen LogP contribution is 2.14. The number of phenols is 2. The molecule has 4 atom stereocenters. The van der Waals surface area contributed by atoms with E-state index in [-0.39, 0.29) is 43.7 Å². The van der Waals surface area contributed by atoms with Crippen molar-refractivity contribution in [3.63, 3.8) is 0 Å². The van der Waals surface area contributed by atoms with Gasteiger partial charge in [-0.25, -0.2) is 4.79 Å². The molecule has 3 aromatic rings. The number of carboxylic acids is 1. The van der Waals surface area contributed by atoms with E-state index in [4.69, 9.17) is 11.5 Å². The standard InChI is InChI=1S/C37H47N7O9/c38-17-5-4-8-28(41-32(47)21-39)35(50)43-29(19-24-9-13-26(45)14-10-24)34(49)40-22-33(48)42-30(18-23-6-2-1-3-7-23)36(51)44-31(37(52)53)20-25-11-15-27(46)16-12-25/h1-3,6-7,9-16,28-31,45-46H,4-5,8,17-22,38-39H2,(H,40,49)(H,41,47)(H,42,48)(H,43,50)(H,44,51)(H,52,53)/t28-,29-,30-,31-/m0/s1. The van der Waals surface area contributed by atoms with Crippen molar-refractivity contribution in [3.8, 4) is 11.5 Å². The van der Waals surface area contributed by atoms with E-state index in [0.29, 0.717) is 36.1 Å². The summed E-state index contributed by atoms with van der Waals surface area (Å²) in [5.41, 5.74) is 12.8. The van der Waals surface area contributed by atoms with Gasteiger partial charge in [-0.3, -0.25) is 24.0 Å². The van der Waals surface area contributed by atoms with Crippen molar-refractivity contribution in [1.29, 1.82) is 0 Å². The molecule has 0 aliphatic heterocycles. The second-order valence-corrected chi connectivity index (χ2v) is 12.3. The Balaban J connectivity index is 1.74. The Morgan fingerprint density at radius 3 is 1.55 bits per heavy atom. The molecule has 12 N–H and O–H groups in total. The van der Waals surface area contributed by atoms with Crippen LogP contribution in [0.25, 0.3) is 0 Å². The van der Waals surface area contributed by atoms with Gasteiger partial charge in [0.25, 0.3) is 0 Å². The molecule has 5 amide bonds. The van der Waals surface area contributed by atoms with Crippen LogP contribution in [0.4, 0.5) is 0 Å². The van der Waals surface area contributed by atoms with E-state index in [1.165, 1.54) is 36.4 Å². The second-order valence-electron chi connectivity index (χ2n) is 12.3. The molecular weight excluding hydrogens is 686 g/mol. The predicted octanol–water partition coefficient (Wildman–Crippen LogP) is -0.647. The molecule has 0 aliphatic carbocycles. The lowest BCUT2D eigenvalue weighted by atomic mass is 10.0. The van der Waals surface area contributed by atoms with Crippen LogP contribution < -0.4 is 38.1 Å². The van der Waals surface area contributed by atoms with E-state index in [1.807, 2.05) is 0 Å². The number of carbonyl (C=O) groups excluding carboxylic acids is 5. The number of carbonyl (C=O) groups is 6. The Morgan fingerprint density at radius 2 is 1.02 bits per heavy atom. The number of nitrogens with two attached hydrogens (primary N) is 2. The fourth-order valence-electron chi connectivity index (χ4n) is 5.30. The van der Waals surface area contributed by atoms with Gasteiger partial charge in [-0.05, 0) is 66.8 Å². The monoisotopic (exact) mass is 733 g/mol. The lowest BCUT2D eigenvalue weighted by Crippen LogP contribution is -2.57. The van der Waals surface area contributed by atoms with Crippen molar-refractivity contribution in [1.82, 2.24) is 26.6 Å². The Kier molecular flexibility index (Phi) is 16.7. The zero-order valence-electron chi connectivity index (χ0n) is 29.1. The van der Waals surface area contributed by atoms with Gasteiger partial charge in [0, 0.05) is 19.3 Å². The first-order chi connectivity index (χ1) is 25.4. The Morgan fingerprint density at radius 1 is 0.547 bits per heavy atom. The third-order valence-corrected chi connectivity index (χ3v) is 8.14. The van der Waals surface area contributed by atoms with Gasteiger partial charge in [0.15, 0.2) is 0 Å². The minimum absolute atomic E-state index is 0.00247. The molecule has 16 nitrogen and oxygen atoms in total. The molecule has 0 saturated carbocycles. The molecule has 0 unspecified atom stereocenters. The third kappa shape index (κ3) is 14.6. The van der Waals surface area contributed by atoms with Crippen molar-refractivity contribution in [3.05, 3.63) is 95.6 Å². The summed E-state index contributed by atoms with van der Waals surface area (Å²) in [6, 6.07) is 15.6. The normalized spacial score (nSPS) is 13.0. The number of amides is 5. The molecule has 16 heteroatoms. The summed E-state index contributed by atoms with van der Waals surface area (Å²) in [5, 5.41) is 41.8. The smallest absolute Gasteiger partial charge is 0.326 e. The van der Waals surface area contributed by atoms with E-state index in [1.54, 1.807) is 42.5 Å². The molecule has 0 bridgehead atoms. The summed E-state index contributed by atoms with van der Waals surface area (Å²) in [7, 11) is 0. The molecule has 3 rings (SSSR count). The zero-order chi connectivity index (χ0) is 38.8. The lowest BCUT2D eigenvalue weighted by molar-refractivity contribution is -0.142. The molecule has 53 heavy (non-hydrogen) atoms. The number of phenolic OH excluding ortho intramolecular Hbond substituents is 2. The molecule has 3 aromatic carbocycles. The maximum absolute atomic E-state index is 13.5. The Hall–Kier alpha value is -6.00. The van der Waals surface area contributed by atoms with E-state index in [9.17, 15) is 44.1 Å². The Bertz CT molecular complexity index is 1670. The number of carboxylic acid groups (broad SMARTS) is 1. The van der Waals surface area contributed by atoms with Gasteiger partial charge < -0.3 is 53.4 Å². The number of hydrogen-bond donors (Lipinski definition) is 10. The van der Waals surface area contributed by atoms with E-state index in [0.717, 1.165) is 0 Å². The maximum atomic E-state index is 13.5. The van der Waals surface area contributed by atoms with Gasteiger partial charge >= 0.3 is 5.97 Å². The molecule has 0 aliphatic rings. The maximum Gasteiger partial charge on any atom is 0.326 e. The van der Waals surface area contributed by atoms with Crippen LogP contribution in [0.5, 0.6) is 11.5 Å². The first-order valence-corrected chi connectivity index (χ1v) is 17.1. The minimum Gasteiger partial charge on any atom is -0.508 e. The van der Waals surface area contributed by atoms with Crippen LogP contribution in [0.2, 0.25) is 0 Å². The van der Waals surface area contributed by atoms with Gasteiger partial charge in [0.2, 0.25) is 29.5 Å². The van der Waals surface area contributed by atoms with Crippen molar-refractivity contribution in [2.24, 2.45) is 11.5 Å². The average molecular weight is 734 g/mol. The number of aromatic hydroxyl groups is 2. The fourth-order valence-corrected chi connectivity index (χ4v) is 5.30. The third-order valence-electron chi connectivity index (χ3n) is 8.14. The van der Waals surface area contributed by atoms with Crippen LogP contribution in [-0.4, -0.2) is 94.6 Å². The quantitative estimate of drug-likeness (QED) is 0.0615. The number of benzene rings is 3. The molecule has 0 radical (unpaired) electrons. The summed E-state index contributed by atoms with van der Waals surface area (Å²) in [6.07, 6.45) is 1.19. The average Bonchev–Trinajstić information content (AvgIpc) is 3.14. The van der Waals surface area contributed by atoms with Crippen LogP contribution in [0, 0.1) is 0 Å². The van der Waals surface area contributed by atoms with Crippen molar-refractivity contribution < 1.29 is 44.1 Å². The molecule has 284 valence electrons. The molecule has 0 spiro atoms. The van der Waals surface area contributed by atoms with Crippen molar-refractivity contribution in [2.45, 2.75) is 62.7 Å². The van der Waals surface area contributed by atoms with Crippen LogP contribution in [0.1, 0.15) is 36.0 Å². The van der Waals surface area contributed by atoms with E-state index >= 15 is 0 Å². The van der Waals surface area contributed by atoms with Crippen LogP contribution in [-0.2, 0) is 48.0 Å². The molecule has 0 aromatic heterocycles. The summed E-state index contributed by atoms with van der Waals surface area (Å²) < 4.78 is 0. The zero-order valence-corrected chi connectivity index (χ0v) is 29.1. The van der Waals surface area contributed by atoms with Crippen LogP contribution in [0.3, 0.4) is 0 Å². The Labute approximate surface area is 306 Å². The summed E-state index contributed by atoms with van der Waals surface area (Å²) in [6.45, 7) is -0.591. The summed E-state index contributed by atoms with van der Waals surface area (Å²) in [4.78, 5) is 77.7. The minimum atomic E-state index is -1.36. The van der Waals surface area contributed by atoms with E-state index < -0.39 is 66.2 Å². The number of hydrogen-bond acceptors (Lipinski definition) is 10. The van der Waals surface area contributed by atoms with E-state index in [2.05, 4.69) is 26.6 Å². The van der Waals surface area contributed by atoms with Crippen molar-refractivity contribution in [2.75, 3.05) is 19.6 Å². The topological polar surface area (TPSA) is 275 Å². The number of rotatable bonds is 21. The lowest BCUT2D eigenvalue weighted by Gasteiger charge is -2.24. The van der Waals surface area contributed by atoms with Gasteiger partial charge in [0.1, 0.15) is 35.7 Å². The van der Waals surface area contributed by atoms with Gasteiger partial charge in [-0.15, -0.1) is 0 Å². The summed E-state index contributed by atoms with van der Waals surface area (Å²) >= 11 is 0. The largest absolute Gasteiger partial charge is 0.508 e. The molecular formula is C37H47N7O9. The SMILES string of the molecule is NCCCC[C@H](NC(=O)CN)C(=O)N[C@@H](Cc1ccc(O)cc1)C(=O)NCC(=O)N[C@@H](Cc1ccccc1)C(=O)N[C@@H](Cc1ccc(O)cc1)C(=O)O. The predicted molar refractivity (Wildman–Crippen MR) is 194 cm³/mol. The highest BCUT2D eigenvalue weighted by atomic mass is 16.4. The highest BCUT2D eigenvalue weighted by molar-refractivity contribution is 5.95. The molecule has 0 fully saturated rings. The van der Waals surface area contributed by atoms with Gasteiger partial charge in [-0.1, -0.05) is 54.6 Å². The van der Waals surface area contributed by atoms with Crippen LogP contribution in [0.15, 0.2) is 78.9 Å². The second kappa shape index (κ2) is 21.4. The van der Waals surface area contributed by atoms with Crippen LogP contribution >= 0.6 is 0 Å². The first kappa shape index (κ1) is 41.4. The van der Waals surface area contributed by atoms with Gasteiger partial charge in [-0.2, -0.15) is 0 Å². The van der Waals surface area contributed by atoms with Crippen molar-refractivity contribution >= 4 is 35.5 Å². The first-order valence-electron chi connectivity index (χ1n) is 17.1. The van der Waals surface area contributed by atoms with Gasteiger partial charge in [0.05, 0.1) is 13.1 Å².